The van der Waals surface area contributed by atoms with Crippen LogP contribution in [0.25, 0.3) is 11.0 Å². The summed E-state index contributed by atoms with van der Waals surface area (Å²) in [7, 11) is 1.82. The largest absolute Gasteiger partial charge is 0.337 e. The van der Waals surface area contributed by atoms with Crippen LogP contribution in [0.3, 0.4) is 0 Å². The molecule has 1 amide bonds. The predicted molar refractivity (Wildman–Crippen MR) is 97.2 cm³/mol. The molecule has 24 heavy (non-hydrogen) atoms. The molecule has 0 aliphatic heterocycles. The van der Waals surface area contributed by atoms with E-state index in [-0.39, 0.29) is 5.91 Å². The van der Waals surface area contributed by atoms with Gasteiger partial charge in [0.15, 0.2) is 0 Å². The smallest absolute Gasteiger partial charge is 0.253 e. The van der Waals surface area contributed by atoms with Crippen molar-refractivity contribution in [1.29, 1.82) is 0 Å². The van der Waals surface area contributed by atoms with Crippen molar-refractivity contribution in [1.82, 2.24) is 19.9 Å². The molecular weight excluding hydrogens is 320 g/mol. The van der Waals surface area contributed by atoms with Gasteiger partial charge in [-0.25, -0.2) is 4.68 Å². The first-order valence-corrected chi connectivity index (χ1v) is 9.06. The lowest BCUT2D eigenvalue weighted by atomic mass is 10.1. The molecule has 0 fully saturated rings. The number of nitrogens with zero attached hydrogens (tertiary/aromatic N) is 4. The Kier molecular flexibility index (Phi) is 4.85. The summed E-state index contributed by atoms with van der Waals surface area (Å²) in [4.78, 5) is 15.6. The third-order valence-corrected chi connectivity index (χ3v) is 4.73. The van der Waals surface area contributed by atoms with Gasteiger partial charge in [0.05, 0.1) is 5.52 Å². The van der Waals surface area contributed by atoms with Crippen LogP contribution in [-0.2, 0) is 13.1 Å². The van der Waals surface area contributed by atoms with Crippen molar-refractivity contribution in [2.75, 3.05) is 13.3 Å². The highest BCUT2D eigenvalue weighted by atomic mass is 32.2. The van der Waals surface area contributed by atoms with E-state index in [4.69, 9.17) is 0 Å². The van der Waals surface area contributed by atoms with Crippen molar-refractivity contribution < 1.29 is 4.79 Å². The van der Waals surface area contributed by atoms with E-state index in [1.807, 2.05) is 36.9 Å². The van der Waals surface area contributed by atoms with Crippen LogP contribution in [0.1, 0.15) is 22.8 Å². The third kappa shape index (κ3) is 3.28. The van der Waals surface area contributed by atoms with Gasteiger partial charge in [-0.15, -0.1) is 16.9 Å². The first-order valence-electron chi connectivity index (χ1n) is 7.84. The molecule has 0 radical (unpaired) electrons. The third-order valence-electron chi connectivity index (χ3n) is 3.99. The average molecular weight is 340 g/mol. The van der Waals surface area contributed by atoms with Gasteiger partial charge in [-0.1, -0.05) is 17.3 Å². The zero-order valence-electron chi connectivity index (χ0n) is 14.1. The number of aromatic nitrogens is 3. The number of carbonyl (C=O) groups excluding carboxylic acids is 1. The van der Waals surface area contributed by atoms with Crippen LogP contribution in [0.4, 0.5) is 0 Å². The first-order chi connectivity index (χ1) is 11.6. The zero-order valence-corrected chi connectivity index (χ0v) is 14.9. The van der Waals surface area contributed by atoms with Gasteiger partial charge in [0, 0.05) is 30.6 Å². The summed E-state index contributed by atoms with van der Waals surface area (Å²) in [5.74, 6) is -0.0168. The molecule has 0 spiro atoms. The summed E-state index contributed by atoms with van der Waals surface area (Å²) in [6.45, 7) is 3.35. The molecule has 5 nitrogen and oxygen atoms in total. The number of rotatable bonds is 5. The van der Waals surface area contributed by atoms with E-state index in [9.17, 15) is 4.79 Å². The minimum absolute atomic E-state index is 0.0168. The zero-order chi connectivity index (χ0) is 17.1. The normalized spacial score (nSPS) is 11.0. The molecule has 0 atom stereocenters. The van der Waals surface area contributed by atoms with E-state index in [2.05, 4.69) is 40.8 Å². The number of benzene rings is 2. The van der Waals surface area contributed by atoms with Gasteiger partial charge >= 0.3 is 0 Å². The second kappa shape index (κ2) is 7.05. The highest BCUT2D eigenvalue weighted by Gasteiger charge is 2.14. The molecular formula is C18H20N4OS. The molecule has 1 heterocycles. The molecule has 0 aliphatic carbocycles. The summed E-state index contributed by atoms with van der Waals surface area (Å²) < 4.78 is 1.82. The van der Waals surface area contributed by atoms with Crippen LogP contribution in [0.15, 0.2) is 47.4 Å². The van der Waals surface area contributed by atoms with Gasteiger partial charge in [0.2, 0.25) is 0 Å². The maximum Gasteiger partial charge on any atom is 0.253 e. The van der Waals surface area contributed by atoms with Crippen LogP contribution in [0.5, 0.6) is 0 Å². The lowest BCUT2D eigenvalue weighted by molar-refractivity contribution is 0.0785. The molecule has 6 heteroatoms. The molecule has 0 N–H and O–H groups in total. The molecule has 1 aromatic heterocycles. The molecule has 124 valence electrons. The Bertz CT molecular complexity index is 857. The van der Waals surface area contributed by atoms with E-state index in [0.29, 0.717) is 12.1 Å². The fourth-order valence-corrected chi connectivity index (χ4v) is 3.04. The highest BCUT2D eigenvalue weighted by Crippen LogP contribution is 2.18. The Morgan fingerprint density at radius 1 is 1.21 bits per heavy atom. The molecule has 0 bridgehead atoms. The molecule has 2 aromatic carbocycles. The van der Waals surface area contributed by atoms with Gasteiger partial charge in [0.25, 0.3) is 5.91 Å². The van der Waals surface area contributed by atoms with Crippen molar-refractivity contribution in [2.45, 2.75) is 24.9 Å². The lowest BCUT2D eigenvalue weighted by Gasteiger charge is -2.17. The van der Waals surface area contributed by atoms with Crippen molar-refractivity contribution >= 4 is 28.7 Å². The van der Waals surface area contributed by atoms with Gasteiger partial charge < -0.3 is 4.90 Å². The summed E-state index contributed by atoms with van der Waals surface area (Å²) >= 11 is 1.71. The maximum absolute atomic E-state index is 12.7. The average Bonchev–Trinajstić information content (AvgIpc) is 3.03. The van der Waals surface area contributed by atoms with Crippen molar-refractivity contribution in [3.63, 3.8) is 0 Å². The van der Waals surface area contributed by atoms with E-state index >= 15 is 0 Å². The SMILES string of the molecule is CCn1nnc2cc(C(=O)N(C)Cc3ccc(SC)cc3)ccc21. The Hall–Kier alpha value is -2.34. The standard InChI is InChI=1S/C18H20N4OS/c1-4-22-17-10-7-14(11-16(17)19-20-22)18(23)21(2)12-13-5-8-15(24-3)9-6-13/h5-11H,4,12H2,1-3H3. The maximum atomic E-state index is 12.7. The van der Waals surface area contributed by atoms with Crippen LogP contribution in [0, 0.1) is 0 Å². The second-order valence-electron chi connectivity index (χ2n) is 5.62. The molecule has 3 rings (SSSR count). The number of hydrogen-bond donors (Lipinski definition) is 0. The summed E-state index contributed by atoms with van der Waals surface area (Å²) in [5, 5.41) is 8.22. The summed E-state index contributed by atoms with van der Waals surface area (Å²) in [5.41, 5.74) is 3.44. The first kappa shape index (κ1) is 16.5. The van der Waals surface area contributed by atoms with Crippen LogP contribution in [-0.4, -0.2) is 39.1 Å². The minimum atomic E-state index is -0.0168. The van der Waals surface area contributed by atoms with E-state index < -0.39 is 0 Å². The topological polar surface area (TPSA) is 51.0 Å². The lowest BCUT2D eigenvalue weighted by Crippen LogP contribution is -2.26. The van der Waals surface area contributed by atoms with Gasteiger partial charge in [-0.05, 0) is 49.1 Å². The Morgan fingerprint density at radius 2 is 1.96 bits per heavy atom. The van der Waals surface area contributed by atoms with Crippen molar-refractivity contribution in [2.24, 2.45) is 0 Å². The Labute approximate surface area is 145 Å². The van der Waals surface area contributed by atoms with Gasteiger partial charge in [-0.3, -0.25) is 4.79 Å². The number of fused-ring (bicyclic) bond motifs is 1. The second-order valence-corrected chi connectivity index (χ2v) is 6.50. The Balaban J connectivity index is 1.77. The molecule has 0 saturated heterocycles. The number of amides is 1. The molecule has 0 saturated carbocycles. The van der Waals surface area contributed by atoms with Gasteiger partial charge in [-0.2, -0.15) is 0 Å². The van der Waals surface area contributed by atoms with Crippen molar-refractivity contribution in [3.8, 4) is 0 Å². The number of aryl methyl sites for hydroxylation is 1. The number of hydrogen-bond acceptors (Lipinski definition) is 4. The fourth-order valence-electron chi connectivity index (χ4n) is 2.64. The van der Waals surface area contributed by atoms with E-state index in [0.717, 1.165) is 23.1 Å². The molecule has 0 aliphatic rings. The van der Waals surface area contributed by atoms with Crippen LogP contribution >= 0.6 is 11.8 Å². The Morgan fingerprint density at radius 3 is 2.62 bits per heavy atom. The fraction of sp³-hybridized carbons (Fsp3) is 0.278. The van der Waals surface area contributed by atoms with E-state index in [1.165, 1.54) is 4.90 Å². The quantitative estimate of drug-likeness (QED) is 0.668. The number of thioether (sulfide) groups is 1. The highest BCUT2D eigenvalue weighted by molar-refractivity contribution is 7.98. The molecule has 3 aromatic rings. The molecule has 0 unspecified atom stereocenters. The summed E-state index contributed by atoms with van der Waals surface area (Å²) in [6.07, 6.45) is 2.05. The monoisotopic (exact) mass is 340 g/mol. The van der Waals surface area contributed by atoms with E-state index in [1.54, 1.807) is 16.7 Å². The predicted octanol–water partition coefficient (Wildman–Crippen LogP) is 3.45. The van der Waals surface area contributed by atoms with Gasteiger partial charge in [0.1, 0.15) is 5.52 Å². The number of carbonyl (C=O) groups is 1. The van der Waals surface area contributed by atoms with Crippen LogP contribution in [0.2, 0.25) is 0 Å². The van der Waals surface area contributed by atoms with Crippen LogP contribution < -0.4 is 0 Å². The summed E-state index contributed by atoms with van der Waals surface area (Å²) in [6, 6.07) is 13.8. The minimum Gasteiger partial charge on any atom is -0.337 e. The van der Waals surface area contributed by atoms with Crippen molar-refractivity contribution in [3.05, 3.63) is 53.6 Å².